The summed E-state index contributed by atoms with van der Waals surface area (Å²) in [6.45, 7) is 8.05. The Hall–Kier alpha value is -9.68. The van der Waals surface area contributed by atoms with Gasteiger partial charge in [0.1, 0.15) is 17.9 Å². The Morgan fingerprint density at radius 3 is 1.46 bits per heavy atom. The first-order valence-corrected chi connectivity index (χ1v) is 36.8. The Labute approximate surface area is 601 Å². The number of ketones is 1. The first-order valence-electron chi connectivity index (χ1n) is 34.4. The van der Waals surface area contributed by atoms with Crippen LogP contribution in [0.5, 0.6) is 0 Å². The largest absolute Gasteiger partial charge is 0.358 e. The third-order valence-electron chi connectivity index (χ3n) is 18.7. The molecule has 5 aromatic heterocycles. The molecular weight excluding hydrogens is 1350 g/mol. The molecule has 1 fully saturated rings. The van der Waals surface area contributed by atoms with Gasteiger partial charge in [0.05, 0.1) is 27.5 Å². The van der Waals surface area contributed by atoms with Crippen LogP contribution in [0, 0.1) is 26.7 Å². The Morgan fingerprint density at radius 1 is 0.530 bits per heavy atom. The molecule has 0 aliphatic heterocycles. The fourth-order valence-corrected chi connectivity index (χ4v) is 15.7. The molecule has 100 heavy (non-hydrogen) atoms. The van der Waals surface area contributed by atoms with Gasteiger partial charge in [0.25, 0.3) is 0 Å². The van der Waals surface area contributed by atoms with Gasteiger partial charge in [-0.3, -0.25) is 28.8 Å². The van der Waals surface area contributed by atoms with Gasteiger partial charge in [-0.2, -0.15) is 0 Å². The Bertz CT molecular complexity index is 4840. The molecule has 1 saturated carbocycles. The molecule has 0 spiro atoms. The molecule has 5 N–H and O–H groups in total. The summed E-state index contributed by atoms with van der Waals surface area (Å²) >= 11 is 6.81. The highest BCUT2D eigenvalue weighted by Crippen LogP contribution is 2.45. The molecule has 0 radical (unpaired) electrons. The standard InChI is InChI=1S/C29H30N2O2S.C28H27N3O2S.C26H30BrN3O2/c1-19-25(24-10-6-7-11-26(24)30-19)18-23(32)17-22(16-20-8-4-3-5-9-20)29(33)31(2)28-15-14-27(34-28)21-12-13-21;1-18-22(21-12-6-7-13-23(21)29-18)17-26(32)30-24(15-19-9-4-3-5-10-19)28(33)31(2)27-16-20-11-8-14-25(20)34-27;1-4-5-15-24(27)30(3)26(32)23(16-19-11-7-6-8-12-19)29-25(31)17-21-18(2)28-22-14-10-9-13-20(21)22/h3-11,14-15,21-22,30H,12-13,16-18H2,1-2H3;3-7,9-14,16,24,29H,8,15,17H2,1-2H3,(H,30,32);6-15,23,28H,4-5,16-17H2,1-3H3,(H,29,31)/b;;24-15+/t22-;24-;23-/m100/s1. The number of rotatable bonds is 25. The Balaban J connectivity index is 0.000000151. The molecule has 2 aliphatic carbocycles. The smallest absolute Gasteiger partial charge is 0.250 e. The highest BCUT2D eigenvalue weighted by atomic mass is 79.9. The van der Waals surface area contributed by atoms with Crippen LogP contribution in [-0.4, -0.2) is 88.4 Å². The maximum Gasteiger partial charge on any atom is 0.250 e. The molecule has 13 rings (SSSR count). The molecule has 17 heteroatoms. The molecule has 14 nitrogen and oxygen atoms in total. The summed E-state index contributed by atoms with van der Waals surface area (Å²) in [5.41, 5.74) is 12.1. The van der Waals surface area contributed by atoms with Gasteiger partial charge in [-0.25, -0.2) is 0 Å². The number of allylic oxidation sites excluding steroid dienone is 1. The lowest BCUT2D eigenvalue weighted by molar-refractivity contribution is -0.133. The van der Waals surface area contributed by atoms with Crippen molar-refractivity contribution in [2.24, 2.45) is 5.92 Å². The second-order valence-electron chi connectivity index (χ2n) is 26.1. The molecule has 11 aromatic rings. The van der Waals surface area contributed by atoms with E-state index in [1.54, 1.807) is 51.5 Å². The molecule has 3 atom stereocenters. The summed E-state index contributed by atoms with van der Waals surface area (Å²) in [6, 6.07) is 58.5. The average molecular weight is 1440 g/mol. The van der Waals surface area contributed by atoms with Crippen molar-refractivity contribution in [3.8, 4) is 0 Å². The van der Waals surface area contributed by atoms with E-state index in [-0.39, 0.29) is 54.6 Å². The number of carbonyl (C=O) groups excluding carboxylic acids is 6. The van der Waals surface area contributed by atoms with Crippen LogP contribution in [0.4, 0.5) is 10.0 Å². The first kappa shape index (κ1) is 71.6. The van der Waals surface area contributed by atoms with Gasteiger partial charge in [-0.05, 0) is 150 Å². The number of thiophene rings is 2. The molecule has 0 saturated heterocycles. The number of halogens is 1. The maximum atomic E-state index is 13.6. The number of amides is 5. The SMILES string of the molecule is CCC/C=C(\Br)N(C)C(=O)[C@H](Cc1ccccc1)NC(=O)Cc1c(C)[nH]c2ccccc12.Cc1[nH]c2ccccc2c1CC(=O)C[C@@H](Cc1ccccc1)C(=O)N(C)c1ccc(C2CC2)s1.Cc1[nH]c2ccccc2c1CC(=O)N[C@@H](Cc1ccccc1)C(=O)N(C)c1cc2c(s1)=CCC=2. The van der Waals surface area contributed by atoms with Gasteiger partial charge in [0, 0.05) is 112 Å². The molecule has 6 aromatic carbocycles. The highest BCUT2D eigenvalue weighted by molar-refractivity contribution is 9.11. The third kappa shape index (κ3) is 18.0. The van der Waals surface area contributed by atoms with E-state index in [2.05, 4.69) is 78.8 Å². The van der Waals surface area contributed by atoms with Crippen molar-refractivity contribution in [3.05, 3.63) is 258 Å². The lowest BCUT2D eigenvalue weighted by Crippen LogP contribution is -2.49. The predicted octanol–water partition coefficient (Wildman–Crippen LogP) is 15.1. The predicted molar refractivity (Wildman–Crippen MR) is 413 cm³/mol. The minimum absolute atomic E-state index is 0.0112. The fraction of sp³-hybridized carbons (Fsp3) is 0.277. The van der Waals surface area contributed by atoms with Crippen LogP contribution in [0.3, 0.4) is 0 Å². The van der Waals surface area contributed by atoms with Crippen LogP contribution in [0.1, 0.15) is 107 Å². The van der Waals surface area contributed by atoms with Crippen LogP contribution in [0.25, 0.3) is 44.9 Å². The number of aryl methyl sites for hydroxylation is 3. The zero-order valence-electron chi connectivity index (χ0n) is 57.8. The molecule has 0 bridgehead atoms. The lowest BCUT2D eigenvalue weighted by Gasteiger charge is -2.25. The summed E-state index contributed by atoms with van der Waals surface area (Å²) in [7, 11) is 5.36. The summed E-state index contributed by atoms with van der Waals surface area (Å²) in [6.07, 6.45) is 14.0. The van der Waals surface area contributed by atoms with Crippen LogP contribution >= 0.6 is 38.6 Å². The first-order chi connectivity index (χ1) is 48.4. The lowest BCUT2D eigenvalue weighted by atomic mass is 9.90. The van der Waals surface area contributed by atoms with E-state index in [4.69, 9.17) is 0 Å². The molecule has 5 heterocycles. The maximum absolute atomic E-state index is 13.6. The van der Waals surface area contributed by atoms with Crippen molar-refractivity contribution in [2.75, 3.05) is 30.9 Å². The van der Waals surface area contributed by atoms with E-state index in [9.17, 15) is 28.8 Å². The number of aromatic amines is 3. The number of carbonyl (C=O) groups is 6. The van der Waals surface area contributed by atoms with Crippen molar-refractivity contribution in [3.63, 3.8) is 0 Å². The Morgan fingerprint density at radius 2 is 0.980 bits per heavy atom. The van der Waals surface area contributed by atoms with Gasteiger partial charge in [0.15, 0.2) is 0 Å². The number of fused-ring (bicyclic) bond motifs is 4. The molecule has 5 amide bonds. The normalized spacial score (nSPS) is 13.3. The zero-order valence-corrected chi connectivity index (χ0v) is 61.1. The van der Waals surface area contributed by atoms with Crippen molar-refractivity contribution >= 4 is 129 Å². The second kappa shape index (κ2) is 33.5. The Kier molecular flexibility index (Phi) is 24.0. The number of Topliss-reactive ketones (excluding diaryl/α,β-unsaturated/α-hetero) is 1. The number of likely N-dealkylation sites (N-methyl/N-ethyl adjacent to an activating group) is 2. The van der Waals surface area contributed by atoms with Gasteiger partial charge >= 0.3 is 0 Å². The number of hydrogen-bond donors (Lipinski definition) is 5. The zero-order chi connectivity index (χ0) is 70.4. The highest BCUT2D eigenvalue weighted by Gasteiger charge is 2.32. The summed E-state index contributed by atoms with van der Waals surface area (Å²) < 4.78 is 1.91. The molecular formula is C83H87BrN8O6S2. The van der Waals surface area contributed by atoms with Crippen molar-refractivity contribution < 1.29 is 28.8 Å². The van der Waals surface area contributed by atoms with Crippen LogP contribution in [-0.2, 0) is 67.3 Å². The number of nitrogens with one attached hydrogen (secondary N) is 5. The number of hydrogen-bond acceptors (Lipinski definition) is 8. The summed E-state index contributed by atoms with van der Waals surface area (Å²) in [4.78, 5) is 96.5. The van der Waals surface area contributed by atoms with E-state index in [0.29, 0.717) is 36.2 Å². The molecule has 2 aliphatic rings. The number of aromatic nitrogens is 3. The number of H-pyrrole nitrogens is 3. The van der Waals surface area contributed by atoms with Gasteiger partial charge in [-0.1, -0.05) is 177 Å². The van der Waals surface area contributed by atoms with E-state index < -0.39 is 18.0 Å². The number of para-hydroxylation sites is 3. The van der Waals surface area contributed by atoms with Gasteiger partial charge in [0.2, 0.25) is 29.5 Å². The summed E-state index contributed by atoms with van der Waals surface area (Å²) in [5, 5.41) is 12.2. The third-order valence-corrected chi connectivity index (χ3v) is 22.1. The quantitative estimate of drug-likeness (QED) is 0.0355. The topological polar surface area (TPSA) is 184 Å². The van der Waals surface area contributed by atoms with E-state index in [0.717, 1.165) is 112 Å². The number of unbranched alkanes of at least 4 members (excludes halogenated alkanes) is 1. The monoisotopic (exact) mass is 1430 g/mol. The fourth-order valence-electron chi connectivity index (χ4n) is 13.0. The van der Waals surface area contributed by atoms with E-state index in [1.165, 1.54) is 27.5 Å². The van der Waals surface area contributed by atoms with Crippen molar-refractivity contribution in [1.29, 1.82) is 0 Å². The summed E-state index contributed by atoms with van der Waals surface area (Å²) in [5.74, 6) is -0.220. The van der Waals surface area contributed by atoms with Crippen LogP contribution < -0.4 is 30.2 Å². The number of benzene rings is 6. The van der Waals surface area contributed by atoms with E-state index >= 15 is 0 Å². The average Bonchev–Trinajstić information content (AvgIpc) is 1.70. The minimum atomic E-state index is -0.664. The van der Waals surface area contributed by atoms with Gasteiger partial charge < -0.3 is 40.3 Å². The number of anilines is 2. The minimum Gasteiger partial charge on any atom is -0.358 e. The van der Waals surface area contributed by atoms with Crippen LogP contribution in [0.15, 0.2) is 193 Å². The second-order valence-corrected chi connectivity index (χ2v) is 29.1. The van der Waals surface area contributed by atoms with Gasteiger partial charge in [-0.15, -0.1) is 22.7 Å². The van der Waals surface area contributed by atoms with Crippen molar-refractivity contribution in [2.45, 2.75) is 123 Å². The van der Waals surface area contributed by atoms with Crippen molar-refractivity contribution in [1.82, 2.24) is 30.5 Å². The number of nitrogens with zero attached hydrogens (tertiary/aromatic N) is 3. The van der Waals surface area contributed by atoms with E-state index in [1.807, 2.05) is 198 Å². The molecule has 0 unspecified atom stereocenters. The van der Waals surface area contributed by atoms with Crippen LogP contribution in [0.2, 0.25) is 0 Å². The molecule has 514 valence electrons.